The van der Waals surface area contributed by atoms with Crippen LogP contribution in [0.4, 0.5) is 0 Å². The molecule has 0 spiro atoms. The van der Waals surface area contributed by atoms with Gasteiger partial charge in [0.1, 0.15) is 0 Å². The molecule has 1 unspecified atom stereocenters. The summed E-state index contributed by atoms with van der Waals surface area (Å²) < 4.78 is 17.3. The number of rotatable bonds is 3. The third-order valence-corrected chi connectivity index (χ3v) is 0.814. The van der Waals surface area contributed by atoms with Gasteiger partial charge in [-0.25, -0.2) is 5.26 Å². The number of carbonyl (C=O) groups is 1. The lowest BCUT2D eigenvalue weighted by Crippen LogP contribution is -2.05. The van der Waals surface area contributed by atoms with Crippen LogP contribution in [0.15, 0.2) is 0 Å². The van der Waals surface area contributed by atoms with Gasteiger partial charge < -0.3 is 4.18 Å². The smallest absolute Gasteiger partial charge is 0.342 e. The van der Waals surface area contributed by atoms with Crippen LogP contribution in [0, 0.1) is 0 Å². The van der Waals surface area contributed by atoms with Gasteiger partial charge in [-0.3, -0.25) is 4.79 Å². The van der Waals surface area contributed by atoms with Crippen LogP contribution in [0.5, 0.6) is 0 Å². The molecule has 0 heterocycles. The monoisotopic (exact) mass is 156 g/mol. The second kappa shape index (κ2) is 4.39. The van der Waals surface area contributed by atoms with Gasteiger partial charge in [-0.05, 0) is 0 Å². The predicted molar refractivity (Wildman–Crippen MR) is 24.7 cm³/mol. The van der Waals surface area contributed by atoms with Crippen LogP contribution < -0.4 is 0 Å². The van der Waals surface area contributed by atoms with Gasteiger partial charge in [0.25, 0.3) is 0 Å². The molecule has 0 aliphatic rings. The molecule has 0 radical (unpaired) electrons. The van der Waals surface area contributed by atoms with Crippen LogP contribution in [-0.2, 0) is 29.7 Å². The van der Waals surface area contributed by atoms with Crippen molar-refractivity contribution >= 4 is 17.3 Å². The highest BCUT2D eigenvalue weighted by Gasteiger charge is 2.03. The first-order valence-corrected chi connectivity index (χ1v) is 2.76. The third-order valence-electron chi connectivity index (χ3n) is 0.271. The number of hydrogen-bond acceptors (Lipinski definition) is 6. The van der Waals surface area contributed by atoms with E-state index < -0.39 is 17.3 Å². The maximum Gasteiger partial charge on any atom is 0.394 e. The van der Waals surface area contributed by atoms with Gasteiger partial charge in [-0.15, -0.1) is 0 Å². The van der Waals surface area contributed by atoms with E-state index in [0.29, 0.717) is 0 Å². The van der Waals surface area contributed by atoms with Crippen LogP contribution in [0.25, 0.3) is 0 Å². The van der Waals surface area contributed by atoms with Gasteiger partial charge in [0.05, 0.1) is 0 Å². The maximum absolute atomic E-state index is 10.0. The fraction of sp³-hybridized carbons (Fsp3) is 0.500. The number of hydrogen-bond donors (Lipinski definition) is 1. The van der Waals surface area contributed by atoms with Crippen molar-refractivity contribution in [3.63, 3.8) is 0 Å². The summed E-state index contributed by atoms with van der Waals surface area (Å²) in [4.78, 5) is 9.90. The lowest BCUT2D eigenvalue weighted by atomic mass is 10.9. The summed E-state index contributed by atoms with van der Waals surface area (Å²) >= 11 is -2.37. The fourth-order valence-electron chi connectivity index (χ4n) is 0.135. The Balaban J connectivity index is 3.39. The van der Waals surface area contributed by atoms with Crippen LogP contribution in [0.3, 0.4) is 0 Å². The highest BCUT2D eigenvalue weighted by atomic mass is 32.2. The van der Waals surface area contributed by atoms with E-state index in [-0.39, 0.29) is 0 Å². The Hall–Kier alpha value is -0.500. The van der Waals surface area contributed by atoms with Crippen LogP contribution in [0.1, 0.15) is 6.92 Å². The SMILES string of the molecule is CC(=O)OS(=O)OOO. The first kappa shape index (κ1) is 8.50. The molecule has 1 N–H and O–H groups in total. The lowest BCUT2D eigenvalue weighted by Gasteiger charge is -1.93. The summed E-state index contributed by atoms with van der Waals surface area (Å²) in [5.41, 5.74) is 0. The molecule has 0 aromatic heterocycles. The Morgan fingerprint density at radius 1 is 1.67 bits per heavy atom. The van der Waals surface area contributed by atoms with Crippen molar-refractivity contribution in [2.45, 2.75) is 6.92 Å². The molecule has 0 aliphatic carbocycles. The minimum absolute atomic E-state index is 0.801. The molecule has 0 aromatic carbocycles. The molecule has 0 fully saturated rings. The molecule has 7 heteroatoms. The molecule has 0 rings (SSSR count). The van der Waals surface area contributed by atoms with Gasteiger partial charge in [-0.2, -0.15) is 4.21 Å². The largest absolute Gasteiger partial charge is 0.394 e. The summed E-state index contributed by atoms with van der Waals surface area (Å²) in [6.07, 6.45) is 0. The second-order valence-electron chi connectivity index (χ2n) is 0.922. The molecular formula is C2H4O6S. The van der Waals surface area contributed by atoms with E-state index in [2.05, 4.69) is 13.6 Å². The second-order valence-corrected chi connectivity index (χ2v) is 1.63. The van der Waals surface area contributed by atoms with Gasteiger partial charge in [0.15, 0.2) is 0 Å². The Labute approximate surface area is 53.1 Å². The van der Waals surface area contributed by atoms with Crippen LogP contribution in [-0.4, -0.2) is 15.4 Å². The van der Waals surface area contributed by atoms with E-state index in [1.807, 2.05) is 0 Å². The molecule has 0 bridgehead atoms. The van der Waals surface area contributed by atoms with Gasteiger partial charge in [0, 0.05) is 6.92 Å². The summed E-state index contributed by atoms with van der Waals surface area (Å²) in [5, 5.41) is 10.4. The maximum atomic E-state index is 10.0. The van der Waals surface area contributed by atoms with E-state index >= 15 is 0 Å². The van der Waals surface area contributed by atoms with Crippen LogP contribution >= 0.6 is 0 Å². The van der Waals surface area contributed by atoms with Crippen molar-refractivity contribution < 1.29 is 27.8 Å². The molecule has 54 valence electrons. The molecule has 0 aliphatic heterocycles. The van der Waals surface area contributed by atoms with Gasteiger partial charge in [-0.1, -0.05) is 9.37 Å². The zero-order valence-electron chi connectivity index (χ0n) is 4.40. The van der Waals surface area contributed by atoms with Crippen molar-refractivity contribution in [2.24, 2.45) is 0 Å². The normalized spacial score (nSPS) is 12.7. The van der Waals surface area contributed by atoms with Crippen molar-refractivity contribution in [3.8, 4) is 0 Å². The van der Waals surface area contributed by atoms with E-state index in [9.17, 15) is 9.00 Å². The first-order valence-electron chi connectivity index (χ1n) is 1.76. The van der Waals surface area contributed by atoms with E-state index in [4.69, 9.17) is 5.26 Å². The topological polar surface area (TPSA) is 82.1 Å². The van der Waals surface area contributed by atoms with Crippen molar-refractivity contribution in [3.05, 3.63) is 0 Å². The highest BCUT2D eigenvalue weighted by molar-refractivity contribution is 7.75. The highest BCUT2D eigenvalue weighted by Crippen LogP contribution is 1.87. The van der Waals surface area contributed by atoms with Crippen molar-refractivity contribution in [1.29, 1.82) is 0 Å². The minimum Gasteiger partial charge on any atom is -0.342 e. The zero-order valence-corrected chi connectivity index (χ0v) is 5.21. The van der Waals surface area contributed by atoms with Gasteiger partial charge >= 0.3 is 17.3 Å². The zero-order chi connectivity index (χ0) is 7.28. The molecule has 0 aromatic rings. The average Bonchev–Trinajstić information content (AvgIpc) is 1.63. The molecular weight excluding hydrogens is 152 g/mol. The number of carbonyl (C=O) groups excluding carboxylic acids is 1. The summed E-state index contributed by atoms with van der Waals surface area (Å²) in [6, 6.07) is 0. The van der Waals surface area contributed by atoms with E-state index in [0.717, 1.165) is 6.92 Å². The molecule has 0 saturated heterocycles. The molecule has 6 nitrogen and oxygen atoms in total. The van der Waals surface area contributed by atoms with E-state index in [1.54, 1.807) is 0 Å². The molecule has 9 heavy (non-hydrogen) atoms. The summed E-state index contributed by atoms with van der Waals surface area (Å²) in [5.74, 6) is -0.801. The fourth-order valence-corrected chi connectivity index (χ4v) is 0.404. The molecule has 0 saturated carbocycles. The summed E-state index contributed by atoms with van der Waals surface area (Å²) in [6.45, 7) is 1.03. The predicted octanol–water partition coefficient (Wildman–Crippen LogP) is -0.451. The Kier molecular flexibility index (Phi) is 4.14. The quantitative estimate of drug-likeness (QED) is 0.440. The van der Waals surface area contributed by atoms with Gasteiger partial charge in [0.2, 0.25) is 0 Å². The molecule has 1 atom stereocenters. The Morgan fingerprint density at radius 2 is 2.22 bits per heavy atom. The lowest BCUT2D eigenvalue weighted by molar-refractivity contribution is -0.437. The minimum atomic E-state index is -2.37. The third kappa shape index (κ3) is 5.37. The summed E-state index contributed by atoms with van der Waals surface area (Å²) in [7, 11) is 0. The Morgan fingerprint density at radius 3 is 2.56 bits per heavy atom. The van der Waals surface area contributed by atoms with Crippen LogP contribution in [0.2, 0.25) is 0 Å². The molecule has 0 amide bonds. The first-order chi connectivity index (χ1) is 4.16. The van der Waals surface area contributed by atoms with Crippen molar-refractivity contribution in [1.82, 2.24) is 0 Å². The van der Waals surface area contributed by atoms with E-state index in [1.165, 1.54) is 0 Å². The van der Waals surface area contributed by atoms with Crippen molar-refractivity contribution in [2.75, 3.05) is 0 Å². The Bertz CT molecular complexity index is 120. The average molecular weight is 156 g/mol. The standard InChI is InChI=1S/C2H4O6S/c1-2(3)6-9(5)8-7-4/h4H,1H3.